The molecule has 3 aromatic rings. The Hall–Kier alpha value is -4.44. The van der Waals surface area contributed by atoms with Crippen LogP contribution in [0.15, 0.2) is 79.1 Å². The number of alkyl carbamates (subject to hydrolysis) is 1. The number of nitrogens with one attached hydrogen (secondary N) is 3. The number of aliphatic hydroxyl groups excluding tert-OH is 1. The fourth-order valence-electron chi connectivity index (χ4n) is 4.76. The van der Waals surface area contributed by atoms with E-state index in [1.54, 1.807) is 12.4 Å². The van der Waals surface area contributed by atoms with Crippen LogP contribution in [0, 0.1) is 5.41 Å². The van der Waals surface area contributed by atoms with E-state index in [2.05, 4.69) is 20.9 Å². The standard InChI is InChI=1S/C32H40N4O6/c1-32(2,3)28(36-31(41)42-4)29(38)34-25(18-21-8-6-5-7-9-21)20-27(37)26(35-30(39)40)19-22-10-12-23(13-11-22)24-14-16-33-17-15-24/h5-17,25-28,35,37H,18-20H2,1-4H3,(H,34,38)(H,36,41)(H,39,40)/t25-,26-,27+,28+/m0/s1. The molecule has 10 nitrogen and oxygen atoms in total. The third-order valence-electron chi connectivity index (χ3n) is 6.97. The van der Waals surface area contributed by atoms with Crippen molar-refractivity contribution in [3.05, 3.63) is 90.3 Å². The maximum absolute atomic E-state index is 13.4. The molecule has 10 heteroatoms. The maximum Gasteiger partial charge on any atom is 0.407 e. The van der Waals surface area contributed by atoms with Gasteiger partial charge in [-0.2, -0.15) is 0 Å². The lowest BCUT2D eigenvalue weighted by atomic mass is 9.85. The molecule has 0 saturated heterocycles. The van der Waals surface area contributed by atoms with E-state index in [1.165, 1.54) is 7.11 Å². The van der Waals surface area contributed by atoms with Crippen molar-refractivity contribution in [2.24, 2.45) is 5.41 Å². The minimum Gasteiger partial charge on any atom is -0.465 e. The molecule has 0 aliphatic heterocycles. The van der Waals surface area contributed by atoms with Crippen LogP contribution in [0.25, 0.3) is 11.1 Å². The number of rotatable bonds is 12. The summed E-state index contributed by atoms with van der Waals surface area (Å²) >= 11 is 0. The molecule has 0 spiro atoms. The molecule has 42 heavy (non-hydrogen) atoms. The van der Waals surface area contributed by atoms with Crippen LogP contribution in [0.3, 0.4) is 0 Å². The van der Waals surface area contributed by atoms with Gasteiger partial charge in [-0.3, -0.25) is 9.78 Å². The molecular weight excluding hydrogens is 536 g/mol. The summed E-state index contributed by atoms with van der Waals surface area (Å²) in [6.45, 7) is 5.46. The number of ether oxygens (including phenoxy) is 1. The van der Waals surface area contributed by atoms with Gasteiger partial charge in [-0.15, -0.1) is 0 Å². The van der Waals surface area contributed by atoms with Crippen LogP contribution < -0.4 is 16.0 Å². The van der Waals surface area contributed by atoms with Crippen molar-refractivity contribution in [2.75, 3.05) is 7.11 Å². The smallest absolute Gasteiger partial charge is 0.407 e. The molecule has 0 aliphatic rings. The number of aliphatic hydroxyl groups is 1. The molecule has 0 saturated carbocycles. The zero-order chi connectivity index (χ0) is 30.7. The second kappa shape index (κ2) is 15.0. The van der Waals surface area contributed by atoms with Crippen molar-refractivity contribution >= 4 is 18.1 Å². The van der Waals surface area contributed by atoms with Gasteiger partial charge in [-0.05, 0) is 59.1 Å². The Bertz CT molecular complexity index is 1300. The summed E-state index contributed by atoms with van der Waals surface area (Å²) in [6.07, 6.45) is 1.01. The molecule has 0 radical (unpaired) electrons. The summed E-state index contributed by atoms with van der Waals surface area (Å²) in [5, 5.41) is 28.9. The van der Waals surface area contributed by atoms with E-state index in [4.69, 9.17) is 4.74 Å². The maximum atomic E-state index is 13.4. The van der Waals surface area contributed by atoms with Crippen molar-refractivity contribution in [1.82, 2.24) is 20.9 Å². The van der Waals surface area contributed by atoms with Crippen molar-refractivity contribution < 1.29 is 29.3 Å². The summed E-state index contributed by atoms with van der Waals surface area (Å²) in [4.78, 5) is 41.1. The predicted molar refractivity (Wildman–Crippen MR) is 160 cm³/mol. The molecule has 0 fully saturated rings. The molecule has 224 valence electrons. The van der Waals surface area contributed by atoms with E-state index in [1.807, 2.05) is 87.5 Å². The number of carbonyl (C=O) groups is 3. The second-order valence-electron chi connectivity index (χ2n) is 11.3. The molecule has 2 aromatic carbocycles. The Morgan fingerprint density at radius 2 is 1.43 bits per heavy atom. The average Bonchev–Trinajstić information content (AvgIpc) is 2.95. The van der Waals surface area contributed by atoms with Gasteiger partial charge >= 0.3 is 12.2 Å². The Labute approximate surface area is 246 Å². The van der Waals surface area contributed by atoms with Gasteiger partial charge in [0.15, 0.2) is 0 Å². The zero-order valence-corrected chi connectivity index (χ0v) is 24.4. The third kappa shape index (κ3) is 9.88. The highest BCUT2D eigenvalue weighted by Crippen LogP contribution is 2.22. The number of aromatic nitrogens is 1. The number of benzene rings is 2. The van der Waals surface area contributed by atoms with Crippen LogP contribution in [0.5, 0.6) is 0 Å². The fourth-order valence-corrected chi connectivity index (χ4v) is 4.76. The second-order valence-corrected chi connectivity index (χ2v) is 11.3. The van der Waals surface area contributed by atoms with E-state index in [9.17, 15) is 24.6 Å². The van der Waals surface area contributed by atoms with Gasteiger partial charge in [0.25, 0.3) is 0 Å². The van der Waals surface area contributed by atoms with Crippen LogP contribution in [-0.4, -0.2) is 64.6 Å². The quantitative estimate of drug-likeness (QED) is 0.217. The van der Waals surface area contributed by atoms with E-state index >= 15 is 0 Å². The molecule has 0 aliphatic carbocycles. The summed E-state index contributed by atoms with van der Waals surface area (Å²) in [5.74, 6) is -0.435. The first-order chi connectivity index (χ1) is 20.0. The first-order valence-electron chi connectivity index (χ1n) is 13.8. The van der Waals surface area contributed by atoms with Gasteiger partial charge in [0.2, 0.25) is 5.91 Å². The van der Waals surface area contributed by atoms with Gasteiger partial charge < -0.3 is 30.9 Å². The number of pyridine rings is 1. The Morgan fingerprint density at radius 1 is 0.833 bits per heavy atom. The van der Waals surface area contributed by atoms with Gasteiger partial charge in [-0.25, -0.2) is 9.59 Å². The molecule has 3 rings (SSSR count). The predicted octanol–water partition coefficient (Wildman–Crippen LogP) is 4.18. The lowest BCUT2D eigenvalue weighted by molar-refractivity contribution is -0.126. The van der Waals surface area contributed by atoms with Crippen LogP contribution in [-0.2, 0) is 22.4 Å². The highest BCUT2D eigenvalue weighted by Gasteiger charge is 2.35. The summed E-state index contributed by atoms with van der Waals surface area (Å²) in [5.41, 5.74) is 3.13. The summed E-state index contributed by atoms with van der Waals surface area (Å²) < 4.78 is 4.71. The van der Waals surface area contributed by atoms with Gasteiger partial charge in [-0.1, -0.05) is 75.4 Å². The molecule has 1 aromatic heterocycles. The first-order valence-corrected chi connectivity index (χ1v) is 13.8. The molecular formula is C32H40N4O6. The van der Waals surface area contributed by atoms with Crippen LogP contribution in [0.4, 0.5) is 9.59 Å². The van der Waals surface area contributed by atoms with E-state index in [0.29, 0.717) is 6.42 Å². The van der Waals surface area contributed by atoms with Gasteiger partial charge in [0, 0.05) is 18.4 Å². The number of hydrogen-bond acceptors (Lipinski definition) is 6. The van der Waals surface area contributed by atoms with Crippen molar-refractivity contribution in [3.8, 4) is 11.1 Å². The molecule has 0 bridgehead atoms. The number of methoxy groups -OCH3 is 1. The minimum absolute atomic E-state index is 0.0652. The molecule has 5 N–H and O–H groups in total. The molecule has 4 atom stereocenters. The van der Waals surface area contributed by atoms with Crippen LogP contribution in [0.1, 0.15) is 38.3 Å². The topological polar surface area (TPSA) is 150 Å². The highest BCUT2D eigenvalue weighted by atomic mass is 16.5. The van der Waals surface area contributed by atoms with Crippen molar-refractivity contribution in [3.63, 3.8) is 0 Å². The number of carbonyl (C=O) groups excluding carboxylic acids is 2. The SMILES string of the molecule is COC(=O)N[C@H](C(=O)N[C@@H](Cc1ccccc1)C[C@@H](O)[C@H](Cc1ccc(-c2ccncc2)cc1)NC(=O)O)C(C)(C)C. The van der Waals surface area contributed by atoms with Gasteiger partial charge in [0.1, 0.15) is 6.04 Å². The number of carboxylic acid groups (broad SMARTS) is 1. The first kappa shape index (κ1) is 32.1. The molecule has 0 unspecified atom stereocenters. The normalized spacial score (nSPS) is 14.1. The third-order valence-corrected chi connectivity index (χ3v) is 6.97. The number of nitrogens with zero attached hydrogens (tertiary/aromatic N) is 1. The average molecular weight is 577 g/mol. The van der Waals surface area contributed by atoms with Crippen LogP contribution >= 0.6 is 0 Å². The van der Waals surface area contributed by atoms with E-state index in [0.717, 1.165) is 22.3 Å². The number of amides is 3. The lowest BCUT2D eigenvalue weighted by Crippen LogP contribution is -2.56. The molecule has 3 amide bonds. The number of hydrogen-bond donors (Lipinski definition) is 5. The largest absolute Gasteiger partial charge is 0.465 e. The van der Waals surface area contributed by atoms with Crippen LogP contribution in [0.2, 0.25) is 0 Å². The van der Waals surface area contributed by atoms with Gasteiger partial charge in [0.05, 0.1) is 19.3 Å². The summed E-state index contributed by atoms with van der Waals surface area (Å²) in [6, 6.07) is 18.6. The Balaban J connectivity index is 1.80. The van der Waals surface area contributed by atoms with E-state index in [-0.39, 0.29) is 12.8 Å². The lowest BCUT2D eigenvalue weighted by Gasteiger charge is -2.33. The zero-order valence-electron chi connectivity index (χ0n) is 24.4. The van der Waals surface area contributed by atoms with Crippen molar-refractivity contribution in [1.29, 1.82) is 0 Å². The monoisotopic (exact) mass is 576 g/mol. The van der Waals surface area contributed by atoms with Crippen molar-refractivity contribution in [2.45, 2.75) is 64.3 Å². The summed E-state index contributed by atoms with van der Waals surface area (Å²) in [7, 11) is 1.23. The minimum atomic E-state index is -1.26. The van der Waals surface area contributed by atoms with E-state index < -0.39 is 47.7 Å². The Morgan fingerprint density at radius 3 is 2.00 bits per heavy atom. The highest BCUT2D eigenvalue weighted by molar-refractivity contribution is 5.86. The molecule has 1 heterocycles. The Kier molecular flexibility index (Phi) is 11.4. The fraction of sp³-hybridized carbons (Fsp3) is 0.375.